The largest absolute Gasteiger partial charge is 0.488 e. The third kappa shape index (κ3) is 2.93. The van der Waals surface area contributed by atoms with Crippen LogP contribution in [0.5, 0.6) is 5.75 Å². The molecular weight excluding hydrogens is 236 g/mol. The van der Waals surface area contributed by atoms with Crippen LogP contribution in [0.4, 0.5) is 0 Å². The van der Waals surface area contributed by atoms with Crippen molar-refractivity contribution in [1.29, 1.82) is 0 Å². The zero-order valence-electron chi connectivity index (χ0n) is 11.9. The molecule has 2 heterocycles. The maximum absolute atomic E-state index is 5.96. The fourth-order valence-corrected chi connectivity index (χ4v) is 3.09. The Balaban J connectivity index is 1.45. The Morgan fingerprint density at radius 2 is 2.21 bits per heavy atom. The molecule has 3 heteroatoms. The first-order valence-electron chi connectivity index (χ1n) is 7.44. The number of nitrogens with one attached hydrogen (secondary N) is 1. The van der Waals surface area contributed by atoms with Crippen molar-refractivity contribution in [3.8, 4) is 5.75 Å². The maximum Gasteiger partial charge on any atom is 0.123 e. The Morgan fingerprint density at radius 3 is 2.95 bits per heavy atom. The van der Waals surface area contributed by atoms with Crippen molar-refractivity contribution in [3.63, 3.8) is 0 Å². The molecule has 1 aromatic carbocycles. The van der Waals surface area contributed by atoms with Crippen LogP contribution in [-0.4, -0.2) is 42.7 Å². The summed E-state index contributed by atoms with van der Waals surface area (Å²) in [7, 11) is 0. The minimum atomic E-state index is 0.311. The van der Waals surface area contributed by atoms with Crippen molar-refractivity contribution in [3.05, 3.63) is 29.8 Å². The molecule has 0 bridgehead atoms. The molecule has 0 saturated carbocycles. The molecule has 0 aliphatic carbocycles. The van der Waals surface area contributed by atoms with Crippen LogP contribution in [0.25, 0.3) is 0 Å². The highest BCUT2D eigenvalue weighted by Gasteiger charge is 2.26. The standard InChI is InChI=1S/C16H24N2O/c1-12(2)18-8-7-14(11-18)17-10-15-9-13-5-3-4-6-16(13)19-15/h3-6,12,14-15,17H,7-11H2,1-2H3. The number of fused-ring (bicyclic) bond motifs is 1. The third-order valence-electron chi connectivity index (χ3n) is 4.30. The van der Waals surface area contributed by atoms with Crippen LogP contribution in [0, 0.1) is 0 Å². The molecule has 19 heavy (non-hydrogen) atoms. The summed E-state index contributed by atoms with van der Waals surface area (Å²) in [6, 6.07) is 9.69. The van der Waals surface area contributed by atoms with E-state index in [1.54, 1.807) is 0 Å². The highest BCUT2D eigenvalue weighted by atomic mass is 16.5. The zero-order valence-corrected chi connectivity index (χ0v) is 11.9. The Kier molecular flexibility index (Phi) is 3.76. The van der Waals surface area contributed by atoms with Crippen molar-refractivity contribution in [2.24, 2.45) is 0 Å². The first-order chi connectivity index (χ1) is 9.22. The van der Waals surface area contributed by atoms with Crippen molar-refractivity contribution in [1.82, 2.24) is 10.2 Å². The molecule has 1 N–H and O–H groups in total. The van der Waals surface area contributed by atoms with E-state index in [0.29, 0.717) is 18.2 Å². The monoisotopic (exact) mass is 260 g/mol. The van der Waals surface area contributed by atoms with Gasteiger partial charge in [-0.2, -0.15) is 0 Å². The number of nitrogens with zero attached hydrogens (tertiary/aromatic N) is 1. The molecule has 3 nitrogen and oxygen atoms in total. The number of hydrogen-bond donors (Lipinski definition) is 1. The van der Waals surface area contributed by atoms with E-state index >= 15 is 0 Å². The molecule has 2 atom stereocenters. The molecule has 0 radical (unpaired) electrons. The number of ether oxygens (including phenoxy) is 1. The summed E-state index contributed by atoms with van der Waals surface area (Å²) >= 11 is 0. The SMILES string of the molecule is CC(C)N1CCC(NCC2Cc3ccccc3O2)C1. The van der Waals surface area contributed by atoms with E-state index in [0.717, 1.165) is 18.7 Å². The van der Waals surface area contributed by atoms with E-state index in [4.69, 9.17) is 4.74 Å². The molecule has 104 valence electrons. The number of hydrogen-bond acceptors (Lipinski definition) is 3. The smallest absolute Gasteiger partial charge is 0.123 e. The third-order valence-corrected chi connectivity index (χ3v) is 4.30. The summed E-state index contributed by atoms with van der Waals surface area (Å²) in [5.74, 6) is 1.07. The van der Waals surface area contributed by atoms with Gasteiger partial charge in [-0.3, -0.25) is 4.90 Å². The molecule has 1 saturated heterocycles. The molecule has 0 amide bonds. The average molecular weight is 260 g/mol. The van der Waals surface area contributed by atoms with Crippen molar-refractivity contribution in [2.75, 3.05) is 19.6 Å². The minimum Gasteiger partial charge on any atom is -0.488 e. The fraction of sp³-hybridized carbons (Fsp3) is 0.625. The first-order valence-corrected chi connectivity index (χ1v) is 7.44. The predicted octanol–water partition coefficient (Wildman–Crippen LogP) is 2.06. The molecule has 2 unspecified atom stereocenters. The van der Waals surface area contributed by atoms with Gasteiger partial charge >= 0.3 is 0 Å². The van der Waals surface area contributed by atoms with Gasteiger partial charge < -0.3 is 10.1 Å². The van der Waals surface area contributed by atoms with Crippen LogP contribution in [0.2, 0.25) is 0 Å². The summed E-state index contributed by atoms with van der Waals surface area (Å²) in [5, 5.41) is 3.68. The van der Waals surface area contributed by atoms with Crippen molar-refractivity contribution in [2.45, 2.75) is 44.9 Å². The minimum absolute atomic E-state index is 0.311. The van der Waals surface area contributed by atoms with Crippen molar-refractivity contribution < 1.29 is 4.74 Å². The van der Waals surface area contributed by atoms with Gasteiger partial charge in [0.2, 0.25) is 0 Å². The molecule has 0 spiro atoms. The second kappa shape index (κ2) is 5.51. The topological polar surface area (TPSA) is 24.5 Å². The van der Waals surface area contributed by atoms with Gasteiger partial charge in [-0.15, -0.1) is 0 Å². The molecular formula is C16H24N2O. The fourth-order valence-electron chi connectivity index (χ4n) is 3.09. The van der Waals surface area contributed by atoms with Crippen LogP contribution in [0.1, 0.15) is 25.8 Å². The second-order valence-electron chi connectivity index (χ2n) is 6.03. The van der Waals surface area contributed by atoms with E-state index in [2.05, 4.69) is 42.3 Å². The molecule has 1 aromatic rings. The lowest BCUT2D eigenvalue weighted by atomic mass is 10.1. The van der Waals surface area contributed by atoms with E-state index < -0.39 is 0 Å². The normalized spacial score (nSPS) is 26.7. The van der Waals surface area contributed by atoms with E-state index in [1.165, 1.54) is 25.1 Å². The number of para-hydroxylation sites is 1. The van der Waals surface area contributed by atoms with Crippen LogP contribution >= 0.6 is 0 Å². The highest BCUT2D eigenvalue weighted by Crippen LogP contribution is 2.27. The Bertz CT molecular complexity index is 408. The molecule has 2 aliphatic rings. The summed E-state index contributed by atoms with van der Waals surface area (Å²) in [6.45, 7) is 7.92. The lowest BCUT2D eigenvalue weighted by Crippen LogP contribution is -2.40. The van der Waals surface area contributed by atoms with Gasteiger partial charge in [-0.1, -0.05) is 18.2 Å². The van der Waals surface area contributed by atoms with Gasteiger partial charge in [0.25, 0.3) is 0 Å². The first kappa shape index (κ1) is 12.9. The Morgan fingerprint density at radius 1 is 1.37 bits per heavy atom. The molecule has 1 fully saturated rings. The number of benzene rings is 1. The van der Waals surface area contributed by atoms with Crippen LogP contribution < -0.4 is 10.1 Å². The summed E-state index contributed by atoms with van der Waals surface area (Å²) in [6.07, 6.45) is 2.62. The summed E-state index contributed by atoms with van der Waals surface area (Å²) < 4.78 is 5.96. The Labute approximate surface area is 115 Å². The molecule has 0 aromatic heterocycles. The van der Waals surface area contributed by atoms with Gasteiger partial charge in [-0.05, 0) is 38.4 Å². The van der Waals surface area contributed by atoms with Gasteiger partial charge in [0.15, 0.2) is 0 Å². The van der Waals surface area contributed by atoms with Crippen LogP contribution in [0.15, 0.2) is 24.3 Å². The summed E-state index contributed by atoms with van der Waals surface area (Å²) in [4.78, 5) is 2.54. The maximum atomic E-state index is 5.96. The number of rotatable bonds is 4. The summed E-state index contributed by atoms with van der Waals surface area (Å²) in [5.41, 5.74) is 1.35. The average Bonchev–Trinajstić information content (AvgIpc) is 3.02. The predicted molar refractivity (Wildman–Crippen MR) is 77.7 cm³/mol. The molecule has 2 aliphatic heterocycles. The molecule has 3 rings (SSSR count). The van der Waals surface area contributed by atoms with Gasteiger partial charge in [-0.25, -0.2) is 0 Å². The lowest BCUT2D eigenvalue weighted by Gasteiger charge is -2.21. The van der Waals surface area contributed by atoms with E-state index in [1.807, 2.05) is 6.07 Å². The van der Waals surface area contributed by atoms with Crippen LogP contribution in [-0.2, 0) is 6.42 Å². The van der Waals surface area contributed by atoms with Gasteiger partial charge in [0.1, 0.15) is 11.9 Å². The number of likely N-dealkylation sites (tertiary alicyclic amines) is 1. The lowest BCUT2D eigenvalue weighted by molar-refractivity contribution is 0.217. The van der Waals surface area contributed by atoms with Crippen LogP contribution in [0.3, 0.4) is 0 Å². The van der Waals surface area contributed by atoms with Gasteiger partial charge in [0.05, 0.1) is 0 Å². The van der Waals surface area contributed by atoms with E-state index in [-0.39, 0.29) is 0 Å². The Hall–Kier alpha value is -1.06. The zero-order chi connectivity index (χ0) is 13.2. The van der Waals surface area contributed by atoms with E-state index in [9.17, 15) is 0 Å². The van der Waals surface area contributed by atoms with Crippen molar-refractivity contribution >= 4 is 0 Å². The van der Waals surface area contributed by atoms with Gasteiger partial charge in [0, 0.05) is 31.6 Å². The quantitative estimate of drug-likeness (QED) is 0.897. The second-order valence-corrected chi connectivity index (χ2v) is 6.03. The highest BCUT2D eigenvalue weighted by molar-refractivity contribution is 5.37.